The topological polar surface area (TPSA) is 128 Å². The van der Waals surface area contributed by atoms with Crippen LogP contribution in [0.3, 0.4) is 0 Å². The SMILES string of the molecule is O=C(NN=Cc1ccc(OS(=O)(=O)c2ccccc2)cc1)c1cccc([N+](=O)[O-])c1. The first kappa shape index (κ1) is 20.7. The van der Waals surface area contributed by atoms with Crippen molar-refractivity contribution in [2.45, 2.75) is 4.90 Å². The van der Waals surface area contributed by atoms with E-state index in [1.807, 2.05) is 0 Å². The molecule has 3 aromatic carbocycles. The molecule has 3 rings (SSSR count). The summed E-state index contributed by atoms with van der Waals surface area (Å²) < 4.78 is 29.5. The van der Waals surface area contributed by atoms with Gasteiger partial charge in [0.1, 0.15) is 10.6 Å². The molecule has 0 spiro atoms. The molecule has 0 fully saturated rings. The number of nitro groups is 1. The Kier molecular flexibility index (Phi) is 6.18. The average molecular weight is 425 g/mol. The predicted molar refractivity (Wildman–Crippen MR) is 109 cm³/mol. The van der Waals surface area contributed by atoms with Crippen molar-refractivity contribution in [3.8, 4) is 5.75 Å². The zero-order valence-corrected chi connectivity index (χ0v) is 16.2. The Morgan fingerprint density at radius 1 is 1.00 bits per heavy atom. The van der Waals surface area contributed by atoms with Crippen LogP contribution in [-0.2, 0) is 10.1 Å². The first-order valence-electron chi connectivity index (χ1n) is 8.53. The van der Waals surface area contributed by atoms with Gasteiger partial charge in [-0.3, -0.25) is 14.9 Å². The van der Waals surface area contributed by atoms with Crippen LogP contribution in [0.4, 0.5) is 5.69 Å². The molecule has 0 aliphatic carbocycles. The highest BCUT2D eigenvalue weighted by atomic mass is 32.2. The number of hydrogen-bond donors (Lipinski definition) is 1. The Bertz CT molecular complexity index is 1190. The van der Waals surface area contributed by atoms with Crippen LogP contribution in [0.25, 0.3) is 0 Å². The Morgan fingerprint density at radius 3 is 2.37 bits per heavy atom. The van der Waals surface area contributed by atoms with Gasteiger partial charge in [0.2, 0.25) is 0 Å². The Labute approximate surface area is 171 Å². The summed E-state index contributed by atoms with van der Waals surface area (Å²) >= 11 is 0. The van der Waals surface area contributed by atoms with Crippen molar-refractivity contribution in [1.29, 1.82) is 0 Å². The normalized spacial score (nSPS) is 11.2. The molecule has 30 heavy (non-hydrogen) atoms. The molecule has 0 aromatic heterocycles. The van der Waals surface area contributed by atoms with Gasteiger partial charge in [-0.2, -0.15) is 13.5 Å². The monoisotopic (exact) mass is 425 g/mol. The summed E-state index contributed by atoms with van der Waals surface area (Å²) in [5.41, 5.74) is 2.73. The van der Waals surface area contributed by atoms with E-state index in [-0.39, 0.29) is 21.9 Å². The lowest BCUT2D eigenvalue weighted by molar-refractivity contribution is -0.384. The van der Waals surface area contributed by atoms with Crippen molar-refractivity contribution >= 4 is 27.9 Å². The molecular formula is C20H15N3O6S. The highest BCUT2D eigenvalue weighted by Gasteiger charge is 2.15. The maximum Gasteiger partial charge on any atom is 0.339 e. The predicted octanol–water partition coefficient (Wildman–Crippen LogP) is 3.13. The van der Waals surface area contributed by atoms with Gasteiger partial charge in [-0.25, -0.2) is 5.43 Å². The molecule has 0 aliphatic rings. The second-order valence-corrected chi connectivity index (χ2v) is 7.47. The summed E-state index contributed by atoms with van der Waals surface area (Å²) in [6.45, 7) is 0. The molecule has 9 nitrogen and oxygen atoms in total. The minimum absolute atomic E-state index is 0.0412. The molecule has 0 unspecified atom stereocenters. The zero-order chi connectivity index (χ0) is 21.6. The summed E-state index contributed by atoms with van der Waals surface area (Å²) in [7, 11) is -3.93. The van der Waals surface area contributed by atoms with Gasteiger partial charge in [0.25, 0.3) is 11.6 Å². The van der Waals surface area contributed by atoms with E-state index in [1.54, 1.807) is 30.3 Å². The van der Waals surface area contributed by atoms with Gasteiger partial charge in [-0.15, -0.1) is 0 Å². The maximum atomic E-state index is 12.2. The first-order chi connectivity index (χ1) is 14.3. The van der Waals surface area contributed by atoms with E-state index in [1.165, 1.54) is 48.7 Å². The average Bonchev–Trinajstić information content (AvgIpc) is 2.75. The van der Waals surface area contributed by atoms with Gasteiger partial charge in [0.15, 0.2) is 0 Å². The van der Waals surface area contributed by atoms with Crippen molar-refractivity contribution in [3.63, 3.8) is 0 Å². The molecule has 10 heteroatoms. The van der Waals surface area contributed by atoms with Crippen LogP contribution in [0.1, 0.15) is 15.9 Å². The third-order valence-electron chi connectivity index (χ3n) is 3.82. The lowest BCUT2D eigenvalue weighted by atomic mass is 10.2. The van der Waals surface area contributed by atoms with Crippen LogP contribution in [0, 0.1) is 10.1 Å². The fourth-order valence-corrected chi connectivity index (χ4v) is 3.31. The summed E-state index contributed by atoms with van der Waals surface area (Å²) in [5.74, 6) is -0.486. The molecule has 0 saturated heterocycles. The van der Waals surface area contributed by atoms with E-state index < -0.39 is 20.9 Å². The second kappa shape index (κ2) is 8.97. The number of nitrogens with one attached hydrogen (secondary N) is 1. The summed E-state index contributed by atoms with van der Waals surface area (Å²) in [5, 5.41) is 14.6. The van der Waals surface area contributed by atoms with Crippen molar-refractivity contribution in [3.05, 3.63) is 100 Å². The van der Waals surface area contributed by atoms with Gasteiger partial charge in [0.05, 0.1) is 11.1 Å². The number of carbonyl (C=O) groups is 1. The van der Waals surface area contributed by atoms with E-state index in [2.05, 4.69) is 10.5 Å². The fraction of sp³-hybridized carbons (Fsp3) is 0. The Hall–Kier alpha value is -4.05. The highest BCUT2D eigenvalue weighted by Crippen LogP contribution is 2.18. The van der Waals surface area contributed by atoms with Crippen LogP contribution >= 0.6 is 0 Å². The van der Waals surface area contributed by atoms with Crippen molar-refractivity contribution in [2.24, 2.45) is 5.10 Å². The lowest BCUT2D eigenvalue weighted by Crippen LogP contribution is -2.17. The van der Waals surface area contributed by atoms with Gasteiger partial charge < -0.3 is 4.18 Å². The van der Waals surface area contributed by atoms with Gasteiger partial charge in [-0.05, 0) is 48.0 Å². The Balaban J connectivity index is 1.62. The lowest BCUT2D eigenvalue weighted by Gasteiger charge is -2.07. The molecule has 152 valence electrons. The fourth-order valence-electron chi connectivity index (χ4n) is 2.36. The summed E-state index contributed by atoms with van der Waals surface area (Å²) in [6.07, 6.45) is 1.34. The largest absolute Gasteiger partial charge is 0.379 e. The van der Waals surface area contributed by atoms with E-state index in [4.69, 9.17) is 4.18 Å². The minimum Gasteiger partial charge on any atom is -0.379 e. The maximum absolute atomic E-state index is 12.2. The number of nitrogens with zero attached hydrogens (tertiary/aromatic N) is 2. The van der Waals surface area contributed by atoms with Gasteiger partial charge >= 0.3 is 10.1 Å². The molecule has 0 aliphatic heterocycles. The highest BCUT2D eigenvalue weighted by molar-refractivity contribution is 7.87. The van der Waals surface area contributed by atoms with Crippen LogP contribution in [0.2, 0.25) is 0 Å². The van der Waals surface area contributed by atoms with E-state index in [9.17, 15) is 23.3 Å². The van der Waals surface area contributed by atoms with Crippen molar-refractivity contribution in [1.82, 2.24) is 5.43 Å². The molecule has 0 radical (unpaired) electrons. The third-order valence-corrected chi connectivity index (χ3v) is 5.08. The van der Waals surface area contributed by atoms with Crippen LogP contribution < -0.4 is 9.61 Å². The molecule has 1 amide bonds. The van der Waals surface area contributed by atoms with Crippen LogP contribution in [-0.4, -0.2) is 25.5 Å². The van der Waals surface area contributed by atoms with Crippen molar-refractivity contribution in [2.75, 3.05) is 0 Å². The molecular weight excluding hydrogens is 410 g/mol. The molecule has 0 heterocycles. The quantitative estimate of drug-likeness (QED) is 0.268. The van der Waals surface area contributed by atoms with Crippen LogP contribution in [0.5, 0.6) is 5.75 Å². The number of hydrazone groups is 1. The summed E-state index contributed by atoms with van der Waals surface area (Å²) in [6, 6.07) is 19.0. The van der Waals surface area contributed by atoms with E-state index >= 15 is 0 Å². The number of amides is 1. The zero-order valence-electron chi connectivity index (χ0n) is 15.3. The number of benzene rings is 3. The molecule has 0 bridgehead atoms. The molecule has 0 saturated carbocycles. The first-order valence-corrected chi connectivity index (χ1v) is 9.93. The standard InChI is InChI=1S/C20H15N3O6S/c24-20(16-5-4-6-17(13-16)23(25)26)22-21-14-15-9-11-18(12-10-15)29-30(27,28)19-7-2-1-3-8-19/h1-14H,(H,22,24). The molecule has 0 atom stereocenters. The number of hydrogen-bond acceptors (Lipinski definition) is 7. The summed E-state index contributed by atoms with van der Waals surface area (Å²) in [4.78, 5) is 22.2. The van der Waals surface area contributed by atoms with Gasteiger partial charge in [0, 0.05) is 17.7 Å². The number of carbonyl (C=O) groups excluding carboxylic acids is 1. The van der Waals surface area contributed by atoms with Crippen LogP contribution in [0.15, 0.2) is 88.9 Å². The number of non-ortho nitro benzene ring substituents is 1. The minimum atomic E-state index is -3.93. The second-order valence-electron chi connectivity index (χ2n) is 5.93. The van der Waals surface area contributed by atoms with E-state index in [0.717, 1.165) is 6.07 Å². The van der Waals surface area contributed by atoms with Crippen molar-refractivity contribution < 1.29 is 22.3 Å². The van der Waals surface area contributed by atoms with E-state index in [0.29, 0.717) is 5.56 Å². The number of rotatable bonds is 7. The number of nitro benzene ring substituents is 1. The smallest absolute Gasteiger partial charge is 0.339 e. The Morgan fingerprint density at radius 2 is 1.70 bits per heavy atom. The van der Waals surface area contributed by atoms with Gasteiger partial charge in [-0.1, -0.05) is 24.3 Å². The third kappa shape index (κ3) is 5.26. The molecule has 1 N–H and O–H groups in total. The molecule has 3 aromatic rings.